The lowest BCUT2D eigenvalue weighted by Crippen LogP contribution is -2.44. The highest BCUT2D eigenvalue weighted by molar-refractivity contribution is 5.68. The molecule has 0 radical (unpaired) electrons. The third-order valence-electron chi connectivity index (χ3n) is 2.56. The van der Waals surface area contributed by atoms with E-state index in [0.29, 0.717) is 5.92 Å². The van der Waals surface area contributed by atoms with Gasteiger partial charge in [0, 0.05) is 19.6 Å². The van der Waals surface area contributed by atoms with Crippen molar-refractivity contribution in [2.24, 2.45) is 5.92 Å². The molecule has 1 aliphatic rings. The van der Waals surface area contributed by atoms with E-state index in [2.05, 4.69) is 12.2 Å². The summed E-state index contributed by atoms with van der Waals surface area (Å²) in [6.45, 7) is 11.3. The first-order valence-corrected chi connectivity index (χ1v) is 6.07. The maximum absolute atomic E-state index is 11.9. The zero-order chi connectivity index (χ0) is 12.2. The van der Waals surface area contributed by atoms with Gasteiger partial charge in [-0.3, -0.25) is 0 Å². The van der Waals surface area contributed by atoms with E-state index < -0.39 is 5.60 Å². The highest BCUT2D eigenvalue weighted by Crippen LogP contribution is 2.13. The Kier molecular flexibility index (Phi) is 4.59. The molecule has 1 N–H and O–H groups in total. The first-order chi connectivity index (χ1) is 7.38. The van der Waals surface area contributed by atoms with Crippen molar-refractivity contribution < 1.29 is 9.53 Å². The van der Waals surface area contributed by atoms with E-state index in [1.165, 1.54) is 0 Å². The van der Waals surface area contributed by atoms with Crippen LogP contribution in [-0.4, -0.2) is 42.8 Å². The summed E-state index contributed by atoms with van der Waals surface area (Å²) in [5.41, 5.74) is -0.407. The summed E-state index contributed by atoms with van der Waals surface area (Å²) in [6.07, 6.45) is 0.919. The first kappa shape index (κ1) is 13.3. The molecule has 4 nitrogen and oxygen atoms in total. The SMILES string of the molecule is C[C@H]1CCNCCN(C(=O)OC(C)(C)C)C1. The summed E-state index contributed by atoms with van der Waals surface area (Å²) in [5, 5.41) is 3.32. The predicted molar refractivity (Wildman–Crippen MR) is 64.5 cm³/mol. The smallest absolute Gasteiger partial charge is 0.410 e. The summed E-state index contributed by atoms with van der Waals surface area (Å²) in [4.78, 5) is 13.7. The minimum atomic E-state index is -0.407. The molecular weight excluding hydrogens is 204 g/mol. The fourth-order valence-corrected chi connectivity index (χ4v) is 1.74. The standard InChI is InChI=1S/C12H24N2O2/c1-10-5-6-13-7-8-14(9-10)11(15)16-12(2,3)4/h10,13H,5-9H2,1-4H3/t10-/m0/s1. The van der Waals surface area contributed by atoms with Gasteiger partial charge in [-0.25, -0.2) is 4.79 Å². The second kappa shape index (κ2) is 5.53. The van der Waals surface area contributed by atoms with Gasteiger partial charge in [0.15, 0.2) is 0 Å². The van der Waals surface area contributed by atoms with Crippen LogP contribution in [-0.2, 0) is 4.74 Å². The first-order valence-electron chi connectivity index (χ1n) is 6.07. The van der Waals surface area contributed by atoms with Gasteiger partial charge in [-0.1, -0.05) is 6.92 Å². The number of rotatable bonds is 0. The predicted octanol–water partition coefficient (Wildman–Crippen LogP) is 1.85. The molecule has 0 spiro atoms. The molecule has 1 saturated heterocycles. The highest BCUT2D eigenvalue weighted by Gasteiger charge is 2.23. The lowest BCUT2D eigenvalue weighted by Gasteiger charge is -2.31. The molecule has 0 saturated carbocycles. The van der Waals surface area contributed by atoms with Gasteiger partial charge in [-0.15, -0.1) is 0 Å². The van der Waals surface area contributed by atoms with Crippen LogP contribution in [0.4, 0.5) is 4.79 Å². The summed E-state index contributed by atoms with van der Waals surface area (Å²) in [7, 11) is 0. The lowest BCUT2D eigenvalue weighted by atomic mass is 10.1. The molecule has 1 aliphatic heterocycles. The molecule has 4 heteroatoms. The van der Waals surface area contributed by atoms with E-state index in [9.17, 15) is 4.79 Å². The molecule has 1 fully saturated rings. The molecule has 0 aromatic carbocycles. The number of hydrogen-bond acceptors (Lipinski definition) is 3. The van der Waals surface area contributed by atoms with E-state index in [-0.39, 0.29) is 6.09 Å². The maximum Gasteiger partial charge on any atom is 0.410 e. The second-order valence-electron chi connectivity index (χ2n) is 5.57. The number of amides is 1. The Hall–Kier alpha value is -0.770. The van der Waals surface area contributed by atoms with Crippen LogP contribution in [0.1, 0.15) is 34.1 Å². The van der Waals surface area contributed by atoms with Crippen molar-refractivity contribution in [2.75, 3.05) is 26.2 Å². The average Bonchev–Trinajstić information content (AvgIpc) is 2.07. The van der Waals surface area contributed by atoms with Crippen molar-refractivity contribution in [1.82, 2.24) is 10.2 Å². The van der Waals surface area contributed by atoms with Crippen LogP contribution in [0, 0.1) is 5.92 Å². The quantitative estimate of drug-likeness (QED) is 0.688. The molecule has 1 amide bonds. The largest absolute Gasteiger partial charge is 0.444 e. The van der Waals surface area contributed by atoms with Crippen molar-refractivity contribution in [2.45, 2.75) is 39.7 Å². The fourth-order valence-electron chi connectivity index (χ4n) is 1.74. The lowest BCUT2D eigenvalue weighted by molar-refractivity contribution is 0.0214. The summed E-state index contributed by atoms with van der Waals surface area (Å²) >= 11 is 0. The van der Waals surface area contributed by atoms with Gasteiger partial charge in [-0.05, 0) is 39.7 Å². The molecule has 0 aliphatic carbocycles. The number of nitrogens with zero attached hydrogens (tertiary/aromatic N) is 1. The van der Waals surface area contributed by atoms with Crippen molar-refractivity contribution in [3.63, 3.8) is 0 Å². The molecule has 94 valence electrons. The van der Waals surface area contributed by atoms with Crippen molar-refractivity contribution >= 4 is 6.09 Å². The number of ether oxygens (including phenoxy) is 1. The Balaban J connectivity index is 2.51. The third-order valence-corrected chi connectivity index (χ3v) is 2.56. The van der Waals surface area contributed by atoms with E-state index in [4.69, 9.17) is 4.74 Å². The zero-order valence-corrected chi connectivity index (χ0v) is 10.9. The highest BCUT2D eigenvalue weighted by atomic mass is 16.6. The number of nitrogens with one attached hydrogen (secondary N) is 1. The van der Waals surface area contributed by atoms with Gasteiger partial charge in [0.2, 0.25) is 0 Å². The van der Waals surface area contributed by atoms with Crippen molar-refractivity contribution in [3.05, 3.63) is 0 Å². The number of carbonyl (C=O) groups is 1. The Morgan fingerprint density at radius 3 is 2.69 bits per heavy atom. The minimum Gasteiger partial charge on any atom is -0.444 e. The summed E-state index contributed by atoms with van der Waals surface area (Å²) < 4.78 is 5.38. The van der Waals surface area contributed by atoms with Gasteiger partial charge < -0.3 is 15.0 Å². The molecule has 0 unspecified atom stereocenters. The van der Waals surface area contributed by atoms with Gasteiger partial charge >= 0.3 is 6.09 Å². The van der Waals surface area contributed by atoms with E-state index in [1.54, 1.807) is 0 Å². The Bertz CT molecular complexity index is 236. The van der Waals surface area contributed by atoms with Crippen LogP contribution in [0.3, 0.4) is 0 Å². The number of carbonyl (C=O) groups excluding carboxylic acids is 1. The summed E-state index contributed by atoms with van der Waals surface area (Å²) in [6, 6.07) is 0. The monoisotopic (exact) mass is 228 g/mol. The zero-order valence-electron chi connectivity index (χ0n) is 10.9. The van der Waals surface area contributed by atoms with Gasteiger partial charge in [0.25, 0.3) is 0 Å². The Labute approximate surface area is 98.3 Å². The van der Waals surface area contributed by atoms with Gasteiger partial charge in [0.05, 0.1) is 0 Å². The van der Waals surface area contributed by atoms with Crippen LogP contribution in [0.2, 0.25) is 0 Å². The number of hydrogen-bond donors (Lipinski definition) is 1. The fraction of sp³-hybridized carbons (Fsp3) is 0.917. The van der Waals surface area contributed by atoms with Crippen LogP contribution >= 0.6 is 0 Å². The van der Waals surface area contributed by atoms with Gasteiger partial charge in [-0.2, -0.15) is 0 Å². The van der Waals surface area contributed by atoms with Gasteiger partial charge in [0.1, 0.15) is 5.60 Å². The molecule has 1 heterocycles. The maximum atomic E-state index is 11.9. The molecule has 16 heavy (non-hydrogen) atoms. The third kappa shape index (κ3) is 4.84. The van der Waals surface area contributed by atoms with Crippen LogP contribution in [0.5, 0.6) is 0 Å². The molecule has 0 bridgehead atoms. The van der Waals surface area contributed by atoms with Crippen LogP contribution in [0.25, 0.3) is 0 Å². The normalized spacial score (nSPS) is 23.5. The van der Waals surface area contributed by atoms with Crippen LogP contribution < -0.4 is 5.32 Å². The molecular formula is C12H24N2O2. The van der Waals surface area contributed by atoms with Crippen molar-refractivity contribution in [3.8, 4) is 0 Å². The minimum absolute atomic E-state index is 0.192. The van der Waals surface area contributed by atoms with Crippen LogP contribution in [0.15, 0.2) is 0 Å². The van der Waals surface area contributed by atoms with E-state index in [0.717, 1.165) is 32.6 Å². The topological polar surface area (TPSA) is 41.6 Å². The molecule has 0 aromatic rings. The van der Waals surface area contributed by atoms with E-state index >= 15 is 0 Å². The molecule has 1 atom stereocenters. The second-order valence-corrected chi connectivity index (χ2v) is 5.57. The van der Waals surface area contributed by atoms with Crippen molar-refractivity contribution in [1.29, 1.82) is 0 Å². The Morgan fingerprint density at radius 2 is 2.06 bits per heavy atom. The Morgan fingerprint density at radius 1 is 1.38 bits per heavy atom. The molecule has 0 aromatic heterocycles. The van der Waals surface area contributed by atoms with E-state index in [1.807, 2.05) is 25.7 Å². The summed E-state index contributed by atoms with van der Waals surface area (Å²) in [5.74, 6) is 0.528. The average molecular weight is 228 g/mol. The molecule has 1 rings (SSSR count).